The molecule has 0 fully saturated rings. The lowest BCUT2D eigenvalue weighted by molar-refractivity contribution is 0.0697. The van der Waals surface area contributed by atoms with Gasteiger partial charge in [-0.1, -0.05) is 15.9 Å². The maximum absolute atomic E-state index is 11.0. The summed E-state index contributed by atoms with van der Waals surface area (Å²) in [5, 5.41) is 9.84. The first-order valence-electron chi connectivity index (χ1n) is 6.06. The van der Waals surface area contributed by atoms with Gasteiger partial charge < -0.3 is 9.84 Å². The summed E-state index contributed by atoms with van der Waals surface area (Å²) in [6.07, 6.45) is 0. The number of hydrogen-bond donors (Lipinski definition) is 1. The van der Waals surface area contributed by atoms with Crippen molar-refractivity contribution in [2.45, 2.75) is 0 Å². The third kappa shape index (κ3) is 2.64. The van der Waals surface area contributed by atoms with Crippen LogP contribution in [-0.2, 0) is 0 Å². The number of fused-ring (bicyclic) bond motifs is 1. The molecule has 0 radical (unpaired) electrons. The van der Waals surface area contributed by atoms with Crippen LogP contribution in [0.3, 0.4) is 0 Å². The second-order valence-electron chi connectivity index (χ2n) is 4.35. The van der Waals surface area contributed by atoms with Crippen molar-refractivity contribution in [1.29, 1.82) is 0 Å². The fraction of sp³-hybridized carbons (Fsp3) is 0.0667. The van der Waals surface area contributed by atoms with Crippen molar-refractivity contribution < 1.29 is 14.6 Å². The van der Waals surface area contributed by atoms with Crippen molar-refractivity contribution in [3.05, 3.63) is 46.4 Å². The molecule has 0 amide bonds. The molecule has 0 aliphatic carbocycles. The van der Waals surface area contributed by atoms with Gasteiger partial charge in [0.05, 0.1) is 28.5 Å². The van der Waals surface area contributed by atoms with E-state index in [1.54, 1.807) is 25.3 Å². The van der Waals surface area contributed by atoms with E-state index in [2.05, 4.69) is 20.9 Å². The number of methoxy groups -OCH3 is 1. The average molecular weight is 364 g/mol. The minimum absolute atomic E-state index is 0.264. The zero-order chi connectivity index (χ0) is 15.0. The molecule has 0 unspecified atom stereocenters. The first-order chi connectivity index (χ1) is 10.1. The highest BCUT2D eigenvalue weighted by atomic mass is 79.9. The van der Waals surface area contributed by atoms with E-state index in [0.717, 1.165) is 31.0 Å². The summed E-state index contributed by atoms with van der Waals surface area (Å²) in [6, 6.07) is 10.7. The topological polar surface area (TPSA) is 59.4 Å². The molecule has 0 aliphatic rings. The van der Waals surface area contributed by atoms with Gasteiger partial charge in [0.1, 0.15) is 10.8 Å². The Bertz CT molecular complexity index is 844. The lowest BCUT2D eigenvalue weighted by Crippen LogP contribution is -1.94. The number of hydrogen-bond acceptors (Lipinski definition) is 4. The number of carbonyl (C=O) groups is 1. The van der Waals surface area contributed by atoms with Crippen LogP contribution < -0.4 is 4.74 Å². The summed E-state index contributed by atoms with van der Waals surface area (Å²) in [5.41, 5.74) is 1.93. The maximum atomic E-state index is 11.0. The van der Waals surface area contributed by atoms with Crippen molar-refractivity contribution in [2.24, 2.45) is 0 Å². The predicted octanol–water partition coefficient (Wildman–Crippen LogP) is 4.43. The highest BCUT2D eigenvalue weighted by Gasteiger charge is 2.13. The van der Waals surface area contributed by atoms with Crippen LogP contribution >= 0.6 is 27.3 Å². The number of carboxylic acids is 1. The molecule has 0 aliphatic heterocycles. The van der Waals surface area contributed by atoms with Crippen LogP contribution in [0.25, 0.3) is 20.8 Å². The van der Waals surface area contributed by atoms with Gasteiger partial charge in [0.15, 0.2) is 0 Å². The van der Waals surface area contributed by atoms with E-state index in [1.165, 1.54) is 11.3 Å². The van der Waals surface area contributed by atoms with Crippen molar-refractivity contribution in [3.63, 3.8) is 0 Å². The summed E-state index contributed by atoms with van der Waals surface area (Å²) in [5.74, 6) is -0.213. The molecule has 1 N–H and O–H groups in total. The van der Waals surface area contributed by atoms with Gasteiger partial charge in [-0.15, -0.1) is 11.3 Å². The molecule has 1 aromatic heterocycles. The van der Waals surface area contributed by atoms with Crippen LogP contribution in [0.2, 0.25) is 0 Å². The highest BCUT2D eigenvalue weighted by molar-refractivity contribution is 9.10. The Balaban J connectivity index is 2.15. The molecule has 0 saturated heterocycles. The van der Waals surface area contributed by atoms with E-state index in [4.69, 9.17) is 9.84 Å². The van der Waals surface area contributed by atoms with Crippen LogP contribution in [-0.4, -0.2) is 23.2 Å². The zero-order valence-electron chi connectivity index (χ0n) is 11.0. The van der Waals surface area contributed by atoms with Gasteiger partial charge >= 0.3 is 5.97 Å². The SMILES string of the molecule is COc1cc(Br)ccc1-c1nc2ccc(C(=O)O)cc2s1. The molecule has 21 heavy (non-hydrogen) atoms. The van der Waals surface area contributed by atoms with Crippen LogP contribution in [0.15, 0.2) is 40.9 Å². The number of carboxylic acid groups (broad SMARTS) is 1. The first-order valence-corrected chi connectivity index (χ1v) is 7.67. The largest absolute Gasteiger partial charge is 0.496 e. The lowest BCUT2D eigenvalue weighted by atomic mass is 10.2. The zero-order valence-corrected chi connectivity index (χ0v) is 13.4. The molecule has 0 saturated carbocycles. The molecule has 3 rings (SSSR count). The smallest absolute Gasteiger partial charge is 0.335 e. The molecule has 3 aromatic rings. The van der Waals surface area contributed by atoms with Gasteiger partial charge in [-0.05, 0) is 36.4 Å². The number of aromatic nitrogens is 1. The van der Waals surface area contributed by atoms with Gasteiger partial charge in [0.2, 0.25) is 0 Å². The Morgan fingerprint density at radius 3 is 2.81 bits per heavy atom. The summed E-state index contributed by atoms with van der Waals surface area (Å²) in [4.78, 5) is 15.6. The van der Waals surface area contributed by atoms with E-state index in [9.17, 15) is 4.79 Å². The second kappa shape index (κ2) is 5.46. The quantitative estimate of drug-likeness (QED) is 0.747. The number of benzene rings is 2. The minimum Gasteiger partial charge on any atom is -0.496 e. The maximum Gasteiger partial charge on any atom is 0.335 e. The number of nitrogens with zero attached hydrogens (tertiary/aromatic N) is 1. The standard InChI is InChI=1S/C15H10BrNO3S/c1-20-12-7-9(16)3-4-10(12)14-17-11-5-2-8(15(18)19)6-13(11)21-14/h2-7H,1H3,(H,18,19). The third-order valence-corrected chi connectivity index (χ3v) is 4.57. The minimum atomic E-state index is -0.937. The van der Waals surface area contributed by atoms with Gasteiger partial charge in [0, 0.05) is 4.47 Å². The molecule has 0 spiro atoms. The molecule has 106 valence electrons. The van der Waals surface area contributed by atoms with Crippen molar-refractivity contribution in [2.75, 3.05) is 7.11 Å². The fourth-order valence-electron chi connectivity index (χ4n) is 2.01. The van der Waals surface area contributed by atoms with Gasteiger partial charge in [-0.3, -0.25) is 0 Å². The fourth-order valence-corrected chi connectivity index (χ4v) is 3.39. The summed E-state index contributed by atoms with van der Waals surface area (Å²) >= 11 is 4.86. The number of aromatic carboxylic acids is 1. The molecule has 2 aromatic carbocycles. The molecule has 0 atom stereocenters. The Morgan fingerprint density at radius 2 is 2.10 bits per heavy atom. The van der Waals surface area contributed by atoms with Gasteiger partial charge in [-0.25, -0.2) is 9.78 Å². The summed E-state index contributed by atoms with van der Waals surface area (Å²) < 4.78 is 7.15. The van der Waals surface area contributed by atoms with Crippen LogP contribution in [0.5, 0.6) is 5.75 Å². The number of rotatable bonds is 3. The number of ether oxygens (including phenoxy) is 1. The Kier molecular flexibility index (Phi) is 3.65. The van der Waals surface area contributed by atoms with Crippen molar-refractivity contribution >= 4 is 43.5 Å². The molecular weight excluding hydrogens is 354 g/mol. The van der Waals surface area contributed by atoms with E-state index in [0.29, 0.717) is 0 Å². The Hall–Kier alpha value is -1.92. The number of halogens is 1. The first kappa shape index (κ1) is 14.0. The predicted molar refractivity (Wildman–Crippen MR) is 86.3 cm³/mol. The van der Waals surface area contributed by atoms with Crippen LogP contribution in [0.1, 0.15) is 10.4 Å². The summed E-state index contributed by atoms with van der Waals surface area (Å²) in [7, 11) is 1.61. The van der Waals surface area contributed by atoms with E-state index in [-0.39, 0.29) is 5.56 Å². The normalized spacial score (nSPS) is 10.8. The Labute approximate surface area is 133 Å². The molecule has 4 nitrogen and oxygen atoms in total. The second-order valence-corrected chi connectivity index (χ2v) is 6.30. The van der Waals surface area contributed by atoms with E-state index >= 15 is 0 Å². The van der Waals surface area contributed by atoms with Crippen LogP contribution in [0, 0.1) is 0 Å². The lowest BCUT2D eigenvalue weighted by Gasteiger charge is -2.05. The molecule has 6 heteroatoms. The Morgan fingerprint density at radius 1 is 1.29 bits per heavy atom. The average Bonchev–Trinajstić information content (AvgIpc) is 2.89. The number of thiazole rings is 1. The van der Waals surface area contributed by atoms with E-state index < -0.39 is 5.97 Å². The van der Waals surface area contributed by atoms with Gasteiger partial charge in [0.25, 0.3) is 0 Å². The molecule has 1 heterocycles. The van der Waals surface area contributed by atoms with E-state index in [1.807, 2.05) is 18.2 Å². The molecular formula is C15H10BrNO3S. The monoisotopic (exact) mass is 363 g/mol. The molecule has 0 bridgehead atoms. The highest BCUT2D eigenvalue weighted by Crippen LogP contribution is 2.37. The van der Waals surface area contributed by atoms with Crippen molar-refractivity contribution in [1.82, 2.24) is 4.98 Å². The van der Waals surface area contributed by atoms with Gasteiger partial charge in [-0.2, -0.15) is 0 Å². The van der Waals surface area contributed by atoms with Crippen molar-refractivity contribution in [3.8, 4) is 16.3 Å². The third-order valence-electron chi connectivity index (χ3n) is 3.03. The van der Waals surface area contributed by atoms with Crippen LogP contribution in [0.4, 0.5) is 0 Å². The summed E-state index contributed by atoms with van der Waals surface area (Å²) in [6.45, 7) is 0.